The van der Waals surface area contributed by atoms with E-state index in [9.17, 15) is 14.7 Å². The van der Waals surface area contributed by atoms with Crippen LogP contribution in [0.4, 0.5) is 0 Å². The fraction of sp³-hybridized carbons (Fsp3) is 0.455. The number of Topliss-reactive ketones (excluding diaryl/α,β-unsaturated/α-hetero) is 1. The SMILES string of the molecule is C=CCOc1cccc(C2C(C(=O)CC(C)C)=C(O)C(=O)N2CCCC)c1. The van der Waals surface area contributed by atoms with Crippen LogP contribution in [0.25, 0.3) is 0 Å². The number of hydrogen-bond donors (Lipinski definition) is 1. The van der Waals surface area contributed by atoms with Gasteiger partial charge in [-0.05, 0) is 30.0 Å². The first-order valence-electron chi connectivity index (χ1n) is 9.51. The number of benzene rings is 1. The van der Waals surface area contributed by atoms with Gasteiger partial charge in [0.05, 0.1) is 11.6 Å². The number of amides is 1. The molecule has 1 atom stereocenters. The van der Waals surface area contributed by atoms with Crippen molar-refractivity contribution >= 4 is 11.7 Å². The molecule has 0 fully saturated rings. The van der Waals surface area contributed by atoms with Gasteiger partial charge in [0.1, 0.15) is 12.4 Å². The van der Waals surface area contributed by atoms with E-state index < -0.39 is 17.7 Å². The molecule has 146 valence electrons. The van der Waals surface area contributed by atoms with Gasteiger partial charge in [-0.15, -0.1) is 0 Å². The first-order valence-corrected chi connectivity index (χ1v) is 9.51. The van der Waals surface area contributed by atoms with Gasteiger partial charge in [-0.2, -0.15) is 0 Å². The number of hydrogen-bond acceptors (Lipinski definition) is 4. The van der Waals surface area contributed by atoms with E-state index in [1.807, 2.05) is 45.0 Å². The van der Waals surface area contributed by atoms with Crippen LogP contribution < -0.4 is 4.74 Å². The Balaban J connectivity index is 2.45. The molecule has 0 bridgehead atoms. The molecule has 1 heterocycles. The molecule has 0 radical (unpaired) electrons. The zero-order chi connectivity index (χ0) is 20.0. The first-order chi connectivity index (χ1) is 12.9. The molecule has 5 nitrogen and oxygen atoms in total. The summed E-state index contributed by atoms with van der Waals surface area (Å²) in [4.78, 5) is 27.1. The van der Waals surface area contributed by atoms with Gasteiger partial charge >= 0.3 is 0 Å². The molecule has 1 unspecified atom stereocenters. The van der Waals surface area contributed by atoms with Crippen molar-refractivity contribution in [3.05, 3.63) is 53.8 Å². The number of aliphatic hydroxyl groups is 1. The van der Waals surface area contributed by atoms with Gasteiger partial charge in [-0.1, -0.05) is 52.0 Å². The maximum Gasteiger partial charge on any atom is 0.290 e. The third kappa shape index (κ3) is 4.79. The van der Waals surface area contributed by atoms with Crippen molar-refractivity contribution in [1.82, 2.24) is 4.90 Å². The van der Waals surface area contributed by atoms with Crippen LogP contribution in [0.2, 0.25) is 0 Å². The van der Waals surface area contributed by atoms with Crippen LogP contribution in [0.3, 0.4) is 0 Å². The molecule has 27 heavy (non-hydrogen) atoms. The predicted molar refractivity (Wildman–Crippen MR) is 106 cm³/mol. The second-order valence-electron chi connectivity index (χ2n) is 7.21. The third-order valence-corrected chi connectivity index (χ3v) is 4.49. The minimum absolute atomic E-state index is 0.139. The number of carbonyl (C=O) groups excluding carboxylic acids is 2. The lowest BCUT2D eigenvalue weighted by Crippen LogP contribution is -2.32. The van der Waals surface area contributed by atoms with Crippen LogP contribution >= 0.6 is 0 Å². The highest BCUT2D eigenvalue weighted by Gasteiger charge is 2.43. The Morgan fingerprint density at radius 3 is 2.78 bits per heavy atom. The van der Waals surface area contributed by atoms with Gasteiger partial charge in [0.25, 0.3) is 5.91 Å². The summed E-state index contributed by atoms with van der Waals surface area (Å²) in [6.45, 7) is 10.4. The number of unbranched alkanes of at least 4 members (excludes halogenated alkanes) is 1. The summed E-state index contributed by atoms with van der Waals surface area (Å²) in [7, 11) is 0. The molecule has 1 aromatic carbocycles. The quantitative estimate of drug-likeness (QED) is 0.621. The Hall–Kier alpha value is -2.56. The van der Waals surface area contributed by atoms with E-state index in [0.29, 0.717) is 18.9 Å². The number of aliphatic hydroxyl groups excluding tert-OH is 1. The fourth-order valence-corrected chi connectivity index (χ4v) is 3.25. The number of ketones is 1. The molecule has 1 aromatic rings. The molecule has 1 amide bonds. The van der Waals surface area contributed by atoms with E-state index in [2.05, 4.69) is 6.58 Å². The highest BCUT2D eigenvalue weighted by molar-refractivity contribution is 6.09. The summed E-state index contributed by atoms with van der Waals surface area (Å²) in [5.74, 6) is -0.299. The summed E-state index contributed by atoms with van der Waals surface area (Å²) < 4.78 is 5.60. The number of ether oxygens (including phenoxy) is 1. The van der Waals surface area contributed by atoms with Crippen molar-refractivity contribution in [3.63, 3.8) is 0 Å². The average Bonchev–Trinajstić information content (AvgIpc) is 2.89. The summed E-state index contributed by atoms with van der Waals surface area (Å²) >= 11 is 0. The van der Waals surface area contributed by atoms with Crippen molar-refractivity contribution < 1.29 is 19.4 Å². The molecule has 1 aliphatic heterocycles. The summed E-state index contributed by atoms with van der Waals surface area (Å²) in [5.41, 5.74) is 0.961. The molecule has 1 aliphatic rings. The molecular formula is C22H29NO4. The van der Waals surface area contributed by atoms with Crippen LogP contribution in [0, 0.1) is 5.92 Å². The summed E-state index contributed by atoms with van der Waals surface area (Å²) in [6.07, 6.45) is 3.66. The van der Waals surface area contributed by atoms with Gasteiger partial charge in [0.2, 0.25) is 0 Å². The van der Waals surface area contributed by atoms with Crippen molar-refractivity contribution in [2.75, 3.05) is 13.2 Å². The maximum absolute atomic E-state index is 12.8. The lowest BCUT2D eigenvalue weighted by Gasteiger charge is -2.27. The van der Waals surface area contributed by atoms with E-state index in [4.69, 9.17) is 4.74 Å². The molecule has 0 spiro atoms. The van der Waals surface area contributed by atoms with Crippen LogP contribution in [0.5, 0.6) is 5.75 Å². The fourth-order valence-electron chi connectivity index (χ4n) is 3.25. The predicted octanol–water partition coefficient (Wildman–Crippen LogP) is 4.36. The molecule has 1 N–H and O–H groups in total. The van der Waals surface area contributed by atoms with E-state index in [-0.39, 0.29) is 23.7 Å². The minimum atomic E-state index is -0.581. The second kappa shape index (κ2) is 9.40. The van der Waals surface area contributed by atoms with E-state index in [1.165, 1.54) is 0 Å². The Bertz CT molecular complexity index is 736. The van der Waals surface area contributed by atoms with Crippen molar-refractivity contribution in [1.29, 1.82) is 0 Å². The highest BCUT2D eigenvalue weighted by Crippen LogP contribution is 2.39. The molecule has 0 aromatic heterocycles. The molecular weight excluding hydrogens is 342 g/mol. The first kappa shape index (κ1) is 20.7. The Morgan fingerprint density at radius 1 is 1.41 bits per heavy atom. The van der Waals surface area contributed by atoms with Gasteiger partial charge in [0.15, 0.2) is 11.5 Å². The topological polar surface area (TPSA) is 66.8 Å². The lowest BCUT2D eigenvalue weighted by atomic mass is 9.92. The highest BCUT2D eigenvalue weighted by atomic mass is 16.5. The standard InChI is InChI=1S/C22H29NO4/c1-5-7-11-23-20(16-9-8-10-17(14-16)27-12-6-2)19(21(25)22(23)26)18(24)13-15(3)4/h6,8-10,14-15,20,25H,2,5,7,11-13H2,1,3-4H3. The molecule has 0 saturated heterocycles. The second-order valence-corrected chi connectivity index (χ2v) is 7.21. The van der Waals surface area contributed by atoms with Gasteiger partial charge in [-0.3, -0.25) is 9.59 Å². The van der Waals surface area contributed by atoms with Gasteiger partial charge in [-0.25, -0.2) is 0 Å². The molecule has 0 aliphatic carbocycles. The molecule has 0 saturated carbocycles. The zero-order valence-corrected chi connectivity index (χ0v) is 16.4. The molecule has 2 rings (SSSR count). The van der Waals surface area contributed by atoms with Crippen molar-refractivity contribution in [3.8, 4) is 5.75 Å². The largest absolute Gasteiger partial charge is 0.503 e. The third-order valence-electron chi connectivity index (χ3n) is 4.49. The normalized spacial score (nSPS) is 17.0. The number of carbonyl (C=O) groups is 2. The van der Waals surface area contributed by atoms with Crippen LogP contribution in [0.15, 0.2) is 48.3 Å². The van der Waals surface area contributed by atoms with Gasteiger partial charge in [0, 0.05) is 13.0 Å². The van der Waals surface area contributed by atoms with Crippen molar-refractivity contribution in [2.24, 2.45) is 5.92 Å². The van der Waals surface area contributed by atoms with E-state index in [0.717, 1.165) is 18.4 Å². The van der Waals surface area contributed by atoms with Crippen LogP contribution in [0.1, 0.15) is 51.6 Å². The van der Waals surface area contributed by atoms with E-state index in [1.54, 1.807) is 11.0 Å². The number of nitrogens with zero attached hydrogens (tertiary/aromatic N) is 1. The Kier molecular flexibility index (Phi) is 7.22. The minimum Gasteiger partial charge on any atom is -0.503 e. The Morgan fingerprint density at radius 2 is 2.15 bits per heavy atom. The molecule has 5 heteroatoms. The number of rotatable bonds is 10. The maximum atomic E-state index is 12.8. The summed E-state index contributed by atoms with van der Waals surface area (Å²) in [6, 6.07) is 6.75. The Labute approximate surface area is 161 Å². The zero-order valence-electron chi connectivity index (χ0n) is 16.4. The van der Waals surface area contributed by atoms with Crippen LogP contribution in [-0.4, -0.2) is 34.8 Å². The lowest BCUT2D eigenvalue weighted by molar-refractivity contribution is -0.129. The van der Waals surface area contributed by atoms with Crippen LogP contribution in [-0.2, 0) is 9.59 Å². The van der Waals surface area contributed by atoms with E-state index >= 15 is 0 Å². The summed E-state index contributed by atoms with van der Waals surface area (Å²) in [5, 5.41) is 10.5. The monoisotopic (exact) mass is 371 g/mol. The average molecular weight is 371 g/mol. The van der Waals surface area contributed by atoms with Gasteiger partial charge < -0.3 is 14.7 Å². The smallest absolute Gasteiger partial charge is 0.290 e. The van der Waals surface area contributed by atoms with Crippen molar-refractivity contribution in [2.45, 2.75) is 46.1 Å².